The number of nitrogens with zero attached hydrogens (tertiary/aromatic N) is 3. The maximum Gasteiger partial charge on any atom is 0.333 e. The number of rotatable bonds is 8. The Bertz CT molecular complexity index is 457. The zero-order chi connectivity index (χ0) is 15.3. The van der Waals surface area contributed by atoms with Crippen LogP contribution in [0.1, 0.15) is 33.4 Å². The summed E-state index contributed by atoms with van der Waals surface area (Å²) in [7, 11) is 0. The topological polar surface area (TPSA) is 82.2 Å². The standard InChI is InChI=1S/C13H24N4O3/c1-6-16-13(12(17(18)19)10(5)15-16)14-11(9(3)4)8-20-7-2/h9,11,14H,6-8H2,1-5H3. The van der Waals surface area contributed by atoms with E-state index in [1.807, 2.05) is 13.8 Å². The van der Waals surface area contributed by atoms with E-state index >= 15 is 0 Å². The van der Waals surface area contributed by atoms with Gasteiger partial charge in [0.1, 0.15) is 5.69 Å². The van der Waals surface area contributed by atoms with E-state index in [1.165, 1.54) is 0 Å². The second-order valence-electron chi connectivity index (χ2n) is 5.01. The first-order valence-electron chi connectivity index (χ1n) is 6.98. The minimum atomic E-state index is -0.380. The quantitative estimate of drug-likeness (QED) is 0.586. The minimum Gasteiger partial charge on any atom is -0.380 e. The van der Waals surface area contributed by atoms with Gasteiger partial charge in [0.25, 0.3) is 0 Å². The van der Waals surface area contributed by atoms with Gasteiger partial charge < -0.3 is 10.1 Å². The van der Waals surface area contributed by atoms with E-state index in [4.69, 9.17) is 4.74 Å². The van der Waals surface area contributed by atoms with Gasteiger partial charge in [-0.05, 0) is 26.7 Å². The number of aromatic nitrogens is 2. The van der Waals surface area contributed by atoms with Gasteiger partial charge in [0.2, 0.25) is 5.82 Å². The zero-order valence-electron chi connectivity index (χ0n) is 12.8. The van der Waals surface area contributed by atoms with E-state index in [-0.39, 0.29) is 16.7 Å². The molecule has 7 nitrogen and oxygen atoms in total. The van der Waals surface area contributed by atoms with Gasteiger partial charge in [-0.25, -0.2) is 4.68 Å². The summed E-state index contributed by atoms with van der Waals surface area (Å²) in [6, 6.07) is 0.00931. The fourth-order valence-electron chi connectivity index (χ4n) is 1.98. The molecule has 0 aromatic carbocycles. The van der Waals surface area contributed by atoms with E-state index in [0.29, 0.717) is 37.2 Å². The van der Waals surface area contributed by atoms with Crippen molar-refractivity contribution in [3.8, 4) is 0 Å². The molecule has 0 radical (unpaired) electrons. The summed E-state index contributed by atoms with van der Waals surface area (Å²) in [4.78, 5) is 10.8. The van der Waals surface area contributed by atoms with Crippen LogP contribution < -0.4 is 5.32 Å². The summed E-state index contributed by atoms with van der Waals surface area (Å²) in [6.07, 6.45) is 0. The number of hydrogen-bond acceptors (Lipinski definition) is 5. The lowest BCUT2D eigenvalue weighted by atomic mass is 10.1. The summed E-state index contributed by atoms with van der Waals surface area (Å²) >= 11 is 0. The van der Waals surface area contributed by atoms with Gasteiger partial charge in [-0.15, -0.1) is 0 Å². The van der Waals surface area contributed by atoms with E-state index in [0.717, 1.165) is 0 Å². The first-order valence-corrected chi connectivity index (χ1v) is 6.98. The molecule has 1 atom stereocenters. The van der Waals surface area contributed by atoms with Gasteiger partial charge in [-0.2, -0.15) is 5.10 Å². The number of ether oxygens (including phenoxy) is 1. The van der Waals surface area contributed by atoms with Crippen molar-refractivity contribution < 1.29 is 9.66 Å². The van der Waals surface area contributed by atoms with E-state index in [9.17, 15) is 10.1 Å². The lowest BCUT2D eigenvalue weighted by molar-refractivity contribution is -0.384. The predicted octanol–water partition coefficient (Wildman–Crippen LogP) is 2.59. The van der Waals surface area contributed by atoms with Crippen LogP contribution in [0.5, 0.6) is 0 Å². The molecule has 1 N–H and O–H groups in total. The molecule has 0 aliphatic rings. The van der Waals surface area contributed by atoms with Crippen LogP contribution in [0.3, 0.4) is 0 Å². The second-order valence-corrected chi connectivity index (χ2v) is 5.01. The molecule has 1 aromatic heterocycles. The van der Waals surface area contributed by atoms with E-state index < -0.39 is 0 Å². The molecule has 7 heteroatoms. The van der Waals surface area contributed by atoms with E-state index in [2.05, 4.69) is 24.3 Å². The maximum atomic E-state index is 11.2. The smallest absolute Gasteiger partial charge is 0.333 e. The lowest BCUT2D eigenvalue weighted by Crippen LogP contribution is -2.32. The Morgan fingerprint density at radius 3 is 2.55 bits per heavy atom. The van der Waals surface area contributed by atoms with Crippen molar-refractivity contribution in [2.45, 2.75) is 47.2 Å². The fourth-order valence-corrected chi connectivity index (χ4v) is 1.98. The minimum absolute atomic E-state index is 0.00931. The molecule has 0 saturated heterocycles. The number of aryl methyl sites for hydroxylation is 2. The van der Waals surface area contributed by atoms with Crippen LogP contribution in [0.15, 0.2) is 0 Å². The average molecular weight is 284 g/mol. The number of anilines is 1. The molecule has 114 valence electrons. The average Bonchev–Trinajstić information content (AvgIpc) is 2.70. The molecule has 20 heavy (non-hydrogen) atoms. The number of nitrogens with one attached hydrogen (secondary N) is 1. The van der Waals surface area contributed by atoms with Crippen LogP contribution in [-0.4, -0.2) is 34.0 Å². The van der Waals surface area contributed by atoms with Gasteiger partial charge in [0, 0.05) is 13.2 Å². The first kappa shape index (κ1) is 16.4. The Labute approximate surface area is 119 Å². The molecule has 1 heterocycles. The van der Waals surface area contributed by atoms with Crippen LogP contribution in [0.25, 0.3) is 0 Å². The Morgan fingerprint density at radius 2 is 2.10 bits per heavy atom. The van der Waals surface area contributed by atoms with Crippen LogP contribution in [0.2, 0.25) is 0 Å². The molecular formula is C13H24N4O3. The summed E-state index contributed by atoms with van der Waals surface area (Å²) in [5.74, 6) is 0.759. The Kier molecular flexibility index (Phi) is 5.94. The Balaban J connectivity index is 3.07. The fraction of sp³-hybridized carbons (Fsp3) is 0.769. The van der Waals surface area contributed by atoms with Crippen LogP contribution in [0, 0.1) is 23.0 Å². The third-order valence-electron chi connectivity index (χ3n) is 3.21. The van der Waals surface area contributed by atoms with Crippen molar-refractivity contribution in [3.05, 3.63) is 15.8 Å². The third kappa shape index (κ3) is 3.69. The van der Waals surface area contributed by atoms with E-state index in [1.54, 1.807) is 11.6 Å². The van der Waals surface area contributed by atoms with Gasteiger partial charge >= 0.3 is 5.69 Å². The molecule has 0 saturated carbocycles. The van der Waals surface area contributed by atoms with Gasteiger partial charge in [-0.3, -0.25) is 10.1 Å². The van der Waals surface area contributed by atoms with Crippen LogP contribution in [-0.2, 0) is 11.3 Å². The largest absolute Gasteiger partial charge is 0.380 e. The van der Waals surface area contributed by atoms with Gasteiger partial charge in [0.05, 0.1) is 17.6 Å². The second kappa shape index (κ2) is 7.23. The number of hydrogen-bond donors (Lipinski definition) is 1. The van der Waals surface area contributed by atoms with Crippen molar-refractivity contribution in [2.75, 3.05) is 18.5 Å². The van der Waals surface area contributed by atoms with Crippen molar-refractivity contribution in [1.29, 1.82) is 0 Å². The molecular weight excluding hydrogens is 260 g/mol. The predicted molar refractivity (Wildman–Crippen MR) is 78.0 cm³/mol. The molecule has 0 aliphatic carbocycles. The third-order valence-corrected chi connectivity index (χ3v) is 3.21. The van der Waals surface area contributed by atoms with Gasteiger partial charge in [-0.1, -0.05) is 13.8 Å². The molecule has 1 aromatic rings. The van der Waals surface area contributed by atoms with Gasteiger partial charge in [0.15, 0.2) is 0 Å². The summed E-state index contributed by atoms with van der Waals surface area (Å²) < 4.78 is 7.08. The highest BCUT2D eigenvalue weighted by Gasteiger charge is 2.27. The molecule has 0 aliphatic heterocycles. The summed E-state index contributed by atoms with van der Waals surface area (Å²) in [5, 5.41) is 18.7. The Morgan fingerprint density at radius 1 is 1.45 bits per heavy atom. The summed E-state index contributed by atoms with van der Waals surface area (Å²) in [6.45, 7) is 11.3. The first-order chi connectivity index (χ1) is 9.42. The maximum absolute atomic E-state index is 11.2. The summed E-state index contributed by atoms with van der Waals surface area (Å²) in [5.41, 5.74) is 0.479. The molecule has 0 bridgehead atoms. The SMILES string of the molecule is CCOCC(Nc1c([N+](=O)[O-])c(C)nn1CC)C(C)C. The van der Waals surface area contributed by atoms with Crippen molar-refractivity contribution in [2.24, 2.45) is 5.92 Å². The highest BCUT2D eigenvalue weighted by Crippen LogP contribution is 2.29. The molecule has 0 spiro atoms. The molecule has 0 fully saturated rings. The molecule has 0 amide bonds. The molecule has 1 rings (SSSR count). The highest BCUT2D eigenvalue weighted by atomic mass is 16.6. The van der Waals surface area contributed by atoms with Crippen molar-refractivity contribution >= 4 is 11.5 Å². The van der Waals surface area contributed by atoms with Crippen LogP contribution >= 0.6 is 0 Å². The van der Waals surface area contributed by atoms with Crippen molar-refractivity contribution in [1.82, 2.24) is 9.78 Å². The number of nitro groups is 1. The van der Waals surface area contributed by atoms with Crippen LogP contribution in [0.4, 0.5) is 11.5 Å². The monoisotopic (exact) mass is 284 g/mol. The normalized spacial score (nSPS) is 12.7. The highest BCUT2D eigenvalue weighted by molar-refractivity contribution is 5.60. The molecule has 1 unspecified atom stereocenters. The zero-order valence-corrected chi connectivity index (χ0v) is 12.8. The lowest BCUT2D eigenvalue weighted by Gasteiger charge is -2.23. The van der Waals surface area contributed by atoms with Crippen molar-refractivity contribution in [3.63, 3.8) is 0 Å². The Hall–Kier alpha value is -1.63.